The van der Waals surface area contributed by atoms with Crippen LogP contribution < -0.4 is 10.0 Å². The Labute approximate surface area is 156 Å². The van der Waals surface area contributed by atoms with Gasteiger partial charge in [0, 0.05) is 24.2 Å². The summed E-state index contributed by atoms with van der Waals surface area (Å²) in [6.07, 6.45) is 5.30. The molecule has 0 radical (unpaired) electrons. The fraction of sp³-hybridized carbons (Fsp3) is 0.632. The number of amides is 1. The SMILES string of the molecule is C[C@H]1CCC[C@@](CNS(=O)(=O)c2ccc3c(c2)CCC(=O)N3)(N(C)C)C1. The van der Waals surface area contributed by atoms with Gasteiger partial charge in [0.2, 0.25) is 15.9 Å². The smallest absolute Gasteiger partial charge is 0.240 e. The van der Waals surface area contributed by atoms with Crippen LogP contribution in [0.1, 0.15) is 44.6 Å². The fourth-order valence-corrected chi connectivity index (χ4v) is 5.37. The third kappa shape index (κ3) is 3.94. The number of aryl methyl sites for hydroxylation is 1. The zero-order chi connectivity index (χ0) is 18.9. The molecule has 7 heteroatoms. The summed E-state index contributed by atoms with van der Waals surface area (Å²) in [6, 6.07) is 4.94. The number of carbonyl (C=O) groups excluding carboxylic acids is 1. The monoisotopic (exact) mass is 379 g/mol. The predicted molar refractivity (Wildman–Crippen MR) is 103 cm³/mol. The van der Waals surface area contributed by atoms with Crippen molar-refractivity contribution >= 4 is 21.6 Å². The molecule has 0 bridgehead atoms. The van der Waals surface area contributed by atoms with Gasteiger partial charge in [0.15, 0.2) is 0 Å². The van der Waals surface area contributed by atoms with Gasteiger partial charge in [-0.3, -0.25) is 4.79 Å². The van der Waals surface area contributed by atoms with Gasteiger partial charge >= 0.3 is 0 Å². The summed E-state index contributed by atoms with van der Waals surface area (Å²) < 4.78 is 28.6. The first-order valence-electron chi connectivity index (χ1n) is 9.32. The fourth-order valence-electron chi connectivity index (χ4n) is 4.20. The number of carbonyl (C=O) groups is 1. The van der Waals surface area contributed by atoms with Crippen LogP contribution in [0.4, 0.5) is 5.69 Å². The van der Waals surface area contributed by atoms with E-state index in [2.05, 4.69) is 21.9 Å². The van der Waals surface area contributed by atoms with Crippen molar-refractivity contribution in [3.05, 3.63) is 23.8 Å². The Morgan fingerprint density at radius 2 is 2.08 bits per heavy atom. The molecule has 0 spiro atoms. The van der Waals surface area contributed by atoms with Crippen molar-refractivity contribution in [3.63, 3.8) is 0 Å². The Bertz CT molecular complexity index is 791. The molecule has 1 saturated carbocycles. The van der Waals surface area contributed by atoms with Gasteiger partial charge in [0.25, 0.3) is 0 Å². The van der Waals surface area contributed by atoms with Gasteiger partial charge in [-0.1, -0.05) is 19.8 Å². The van der Waals surface area contributed by atoms with Gasteiger partial charge in [-0.15, -0.1) is 0 Å². The van der Waals surface area contributed by atoms with Crippen molar-refractivity contribution in [1.29, 1.82) is 0 Å². The number of anilines is 1. The molecule has 1 amide bonds. The number of rotatable bonds is 5. The zero-order valence-corrected chi connectivity index (χ0v) is 16.7. The molecule has 1 aliphatic carbocycles. The summed E-state index contributed by atoms with van der Waals surface area (Å²) in [7, 11) is 0.486. The maximum absolute atomic E-state index is 12.9. The van der Waals surface area contributed by atoms with Gasteiger partial charge in [0.05, 0.1) is 4.90 Å². The van der Waals surface area contributed by atoms with Crippen LogP contribution in [-0.2, 0) is 21.2 Å². The molecule has 0 unspecified atom stereocenters. The van der Waals surface area contributed by atoms with Crippen LogP contribution in [0.15, 0.2) is 23.1 Å². The maximum atomic E-state index is 12.9. The molecular weight excluding hydrogens is 350 g/mol. The van der Waals surface area contributed by atoms with Crippen LogP contribution >= 0.6 is 0 Å². The molecule has 144 valence electrons. The number of hydrogen-bond acceptors (Lipinski definition) is 4. The Balaban J connectivity index is 1.77. The minimum absolute atomic E-state index is 0.0226. The average Bonchev–Trinajstić information content (AvgIpc) is 2.59. The first kappa shape index (κ1) is 19.3. The molecule has 1 aliphatic heterocycles. The number of fused-ring (bicyclic) bond motifs is 1. The standard InChI is InChI=1S/C19H29N3O3S/c1-14-5-4-10-19(12-14,22(2)3)13-20-26(24,25)16-7-8-17-15(11-16)6-9-18(23)21-17/h7-8,11,14,20H,4-6,9-10,12-13H2,1-3H3,(H,21,23)/t14-,19+/m0/s1. The lowest BCUT2D eigenvalue weighted by Gasteiger charge is -2.45. The molecule has 1 heterocycles. The molecule has 0 aromatic heterocycles. The summed E-state index contributed by atoms with van der Waals surface area (Å²) in [4.78, 5) is 13.9. The number of hydrogen-bond donors (Lipinski definition) is 2. The van der Waals surface area contributed by atoms with E-state index in [0.29, 0.717) is 31.0 Å². The zero-order valence-electron chi connectivity index (χ0n) is 15.8. The van der Waals surface area contributed by atoms with E-state index in [1.165, 1.54) is 6.42 Å². The molecule has 2 N–H and O–H groups in total. The van der Waals surface area contributed by atoms with Crippen LogP contribution in [0, 0.1) is 5.92 Å². The van der Waals surface area contributed by atoms with Crippen molar-refractivity contribution in [2.24, 2.45) is 5.92 Å². The first-order chi connectivity index (χ1) is 12.2. The molecule has 1 fully saturated rings. The van der Waals surface area contributed by atoms with E-state index >= 15 is 0 Å². The van der Waals surface area contributed by atoms with E-state index < -0.39 is 10.0 Å². The van der Waals surface area contributed by atoms with Crippen molar-refractivity contribution in [2.45, 2.75) is 55.9 Å². The Kier molecular flexibility index (Phi) is 5.42. The van der Waals surface area contributed by atoms with Crippen molar-refractivity contribution in [2.75, 3.05) is 26.0 Å². The lowest BCUT2D eigenvalue weighted by molar-refractivity contribution is -0.116. The molecule has 6 nitrogen and oxygen atoms in total. The van der Waals surface area contributed by atoms with E-state index in [4.69, 9.17) is 0 Å². The first-order valence-corrected chi connectivity index (χ1v) is 10.8. The summed E-state index contributed by atoms with van der Waals surface area (Å²) in [5.41, 5.74) is 1.46. The summed E-state index contributed by atoms with van der Waals surface area (Å²) in [5.74, 6) is 0.577. The second-order valence-corrected chi connectivity index (χ2v) is 9.78. The quantitative estimate of drug-likeness (QED) is 0.823. The van der Waals surface area contributed by atoms with Crippen LogP contribution in [-0.4, -0.2) is 45.4 Å². The lowest BCUT2D eigenvalue weighted by Crippen LogP contribution is -2.55. The molecule has 2 aliphatic rings. The van der Waals surface area contributed by atoms with Crippen LogP contribution in [0.25, 0.3) is 0 Å². The number of likely N-dealkylation sites (N-methyl/N-ethyl adjacent to an activating group) is 1. The Morgan fingerprint density at radius 3 is 2.77 bits per heavy atom. The van der Waals surface area contributed by atoms with E-state index in [9.17, 15) is 13.2 Å². The minimum Gasteiger partial charge on any atom is -0.326 e. The third-order valence-corrected chi connectivity index (χ3v) is 7.29. The highest BCUT2D eigenvalue weighted by atomic mass is 32.2. The molecule has 3 rings (SSSR count). The van der Waals surface area contributed by atoms with Gasteiger partial charge in [-0.2, -0.15) is 0 Å². The molecule has 1 aromatic carbocycles. The Morgan fingerprint density at radius 1 is 1.31 bits per heavy atom. The van der Waals surface area contributed by atoms with Crippen molar-refractivity contribution in [3.8, 4) is 0 Å². The highest BCUT2D eigenvalue weighted by molar-refractivity contribution is 7.89. The van der Waals surface area contributed by atoms with Crippen molar-refractivity contribution < 1.29 is 13.2 Å². The maximum Gasteiger partial charge on any atom is 0.240 e. The molecule has 0 saturated heterocycles. The number of sulfonamides is 1. The van der Waals surface area contributed by atoms with Gasteiger partial charge in [-0.05, 0) is 63.0 Å². The van der Waals surface area contributed by atoms with Crippen molar-refractivity contribution in [1.82, 2.24) is 9.62 Å². The van der Waals surface area contributed by atoms with E-state index in [-0.39, 0.29) is 16.3 Å². The number of nitrogens with zero attached hydrogens (tertiary/aromatic N) is 1. The van der Waals surface area contributed by atoms with E-state index in [0.717, 1.165) is 24.8 Å². The molecular formula is C19H29N3O3S. The van der Waals surface area contributed by atoms with E-state index in [1.807, 2.05) is 14.1 Å². The van der Waals surface area contributed by atoms with Crippen LogP contribution in [0.2, 0.25) is 0 Å². The topological polar surface area (TPSA) is 78.5 Å². The van der Waals surface area contributed by atoms with Gasteiger partial charge in [-0.25, -0.2) is 13.1 Å². The van der Waals surface area contributed by atoms with Crippen LogP contribution in [0.3, 0.4) is 0 Å². The second-order valence-electron chi connectivity index (χ2n) is 8.01. The Hall–Kier alpha value is -1.44. The van der Waals surface area contributed by atoms with Gasteiger partial charge < -0.3 is 10.2 Å². The average molecular weight is 380 g/mol. The number of benzene rings is 1. The largest absolute Gasteiger partial charge is 0.326 e. The second kappa shape index (κ2) is 7.29. The highest BCUT2D eigenvalue weighted by Crippen LogP contribution is 2.35. The summed E-state index contributed by atoms with van der Waals surface area (Å²) in [5, 5.41) is 2.79. The van der Waals surface area contributed by atoms with E-state index in [1.54, 1.807) is 18.2 Å². The summed E-state index contributed by atoms with van der Waals surface area (Å²) >= 11 is 0. The van der Waals surface area contributed by atoms with Gasteiger partial charge in [0.1, 0.15) is 0 Å². The molecule has 1 aromatic rings. The minimum atomic E-state index is -3.59. The third-order valence-electron chi connectivity index (χ3n) is 5.89. The summed E-state index contributed by atoms with van der Waals surface area (Å²) in [6.45, 7) is 2.66. The normalized spacial score (nSPS) is 26.5. The molecule has 26 heavy (non-hydrogen) atoms. The lowest BCUT2D eigenvalue weighted by atomic mass is 9.75. The highest BCUT2D eigenvalue weighted by Gasteiger charge is 2.38. The number of nitrogens with one attached hydrogen (secondary N) is 2. The molecule has 2 atom stereocenters. The predicted octanol–water partition coefficient (Wildman–Crippen LogP) is 2.36. The van der Waals surface area contributed by atoms with Crippen LogP contribution in [0.5, 0.6) is 0 Å².